The minimum absolute atomic E-state index is 0.111. The number of benzene rings is 1. The van der Waals surface area contributed by atoms with Crippen LogP contribution in [-0.4, -0.2) is 28.9 Å². The highest BCUT2D eigenvalue weighted by atomic mass is 35.5. The molecule has 0 saturated heterocycles. The molecule has 0 aliphatic carbocycles. The van der Waals surface area contributed by atoms with E-state index in [1.165, 1.54) is 30.1 Å². The lowest BCUT2D eigenvalue weighted by atomic mass is 10.1. The number of anilines is 1. The third-order valence-electron chi connectivity index (χ3n) is 4.55. The average Bonchev–Trinajstić information content (AvgIpc) is 3.13. The Kier molecular flexibility index (Phi) is 9.19. The normalized spacial score (nSPS) is 11.2. The number of carbonyl (C=O) groups is 1. The highest BCUT2D eigenvalue weighted by Gasteiger charge is 2.31. The summed E-state index contributed by atoms with van der Waals surface area (Å²) < 4.78 is 45.0. The second kappa shape index (κ2) is 11.6. The van der Waals surface area contributed by atoms with Crippen LogP contribution in [0.4, 0.5) is 19.0 Å². The van der Waals surface area contributed by atoms with Gasteiger partial charge in [0.25, 0.3) is 0 Å². The highest BCUT2D eigenvalue weighted by Crippen LogP contribution is 2.34. The number of carbonyl (C=O) groups excluding carboxylic acids is 1. The first-order valence-corrected chi connectivity index (χ1v) is 10.4. The number of rotatable bonds is 11. The molecule has 0 spiro atoms. The van der Waals surface area contributed by atoms with E-state index in [-0.39, 0.29) is 28.6 Å². The van der Waals surface area contributed by atoms with Crippen LogP contribution in [0.1, 0.15) is 56.6 Å². The van der Waals surface area contributed by atoms with Crippen molar-refractivity contribution in [1.29, 1.82) is 5.26 Å². The van der Waals surface area contributed by atoms with Crippen LogP contribution >= 0.6 is 11.6 Å². The van der Waals surface area contributed by atoms with E-state index >= 15 is 0 Å². The van der Waals surface area contributed by atoms with Crippen LogP contribution in [0.2, 0.25) is 5.02 Å². The van der Waals surface area contributed by atoms with Gasteiger partial charge >= 0.3 is 12.1 Å². The molecule has 1 aromatic heterocycles. The number of hydrogen-bond acceptors (Lipinski definition) is 5. The van der Waals surface area contributed by atoms with Gasteiger partial charge in [0.15, 0.2) is 0 Å². The molecule has 0 atom stereocenters. The molecule has 168 valence electrons. The summed E-state index contributed by atoms with van der Waals surface area (Å²) in [6.45, 7) is 2.22. The van der Waals surface area contributed by atoms with E-state index in [9.17, 15) is 23.2 Å². The fraction of sp³-hybridized carbons (Fsp3) is 0.476. The van der Waals surface area contributed by atoms with E-state index < -0.39 is 17.7 Å². The van der Waals surface area contributed by atoms with Gasteiger partial charge in [-0.3, -0.25) is 4.79 Å². The van der Waals surface area contributed by atoms with Gasteiger partial charge in [-0.05, 0) is 24.6 Å². The quantitative estimate of drug-likeness (QED) is 0.345. The lowest BCUT2D eigenvalue weighted by molar-refractivity contribution is -0.141. The largest absolute Gasteiger partial charge is 0.464 e. The maximum absolute atomic E-state index is 12.9. The zero-order valence-electron chi connectivity index (χ0n) is 17.1. The molecule has 0 fully saturated rings. The van der Waals surface area contributed by atoms with E-state index in [1.54, 1.807) is 0 Å². The Hall–Kier alpha value is -2.73. The van der Waals surface area contributed by atoms with E-state index in [0.29, 0.717) is 6.61 Å². The van der Waals surface area contributed by atoms with Gasteiger partial charge in [0.2, 0.25) is 0 Å². The molecule has 0 amide bonds. The average molecular weight is 457 g/mol. The van der Waals surface area contributed by atoms with Gasteiger partial charge in [0.1, 0.15) is 24.0 Å². The van der Waals surface area contributed by atoms with Crippen molar-refractivity contribution >= 4 is 23.4 Å². The van der Waals surface area contributed by atoms with Crippen LogP contribution < -0.4 is 5.32 Å². The zero-order valence-corrected chi connectivity index (χ0v) is 17.9. The third-order valence-corrected chi connectivity index (χ3v) is 4.86. The first-order chi connectivity index (χ1) is 14.8. The SMILES string of the molecule is CCCCCCCCOC(=O)CNc1c(C#N)cnn1-c1ccc(C(F)(F)F)cc1Cl. The van der Waals surface area contributed by atoms with Crippen LogP contribution in [0.3, 0.4) is 0 Å². The van der Waals surface area contributed by atoms with Gasteiger partial charge in [-0.1, -0.05) is 50.6 Å². The molecule has 0 unspecified atom stereocenters. The molecule has 1 N–H and O–H groups in total. The summed E-state index contributed by atoms with van der Waals surface area (Å²) in [4.78, 5) is 12.0. The number of ether oxygens (including phenoxy) is 1. The number of halogens is 4. The molecular weight excluding hydrogens is 433 g/mol. The molecule has 1 aromatic carbocycles. The van der Waals surface area contributed by atoms with Crippen molar-refractivity contribution in [2.75, 3.05) is 18.5 Å². The molecule has 2 rings (SSSR count). The van der Waals surface area contributed by atoms with E-state index in [2.05, 4.69) is 17.3 Å². The van der Waals surface area contributed by atoms with Crippen molar-refractivity contribution in [1.82, 2.24) is 9.78 Å². The summed E-state index contributed by atoms with van der Waals surface area (Å²) in [5.41, 5.74) is -0.652. The van der Waals surface area contributed by atoms with Gasteiger partial charge in [-0.25, -0.2) is 4.68 Å². The number of nitrogens with zero attached hydrogens (tertiary/aromatic N) is 3. The minimum atomic E-state index is -4.54. The number of hydrogen-bond donors (Lipinski definition) is 1. The molecule has 31 heavy (non-hydrogen) atoms. The predicted molar refractivity (Wildman–Crippen MR) is 111 cm³/mol. The maximum Gasteiger partial charge on any atom is 0.416 e. The smallest absolute Gasteiger partial charge is 0.416 e. The monoisotopic (exact) mass is 456 g/mol. The van der Waals surface area contributed by atoms with E-state index in [4.69, 9.17) is 16.3 Å². The highest BCUT2D eigenvalue weighted by molar-refractivity contribution is 6.32. The number of unbranched alkanes of at least 4 members (excludes halogenated alkanes) is 5. The van der Waals surface area contributed by atoms with E-state index in [1.807, 2.05) is 6.07 Å². The summed E-state index contributed by atoms with van der Waals surface area (Å²) in [6, 6.07) is 4.72. The fourth-order valence-corrected chi connectivity index (χ4v) is 3.17. The fourth-order valence-electron chi connectivity index (χ4n) is 2.91. The van der Waals surface area contributed by atoms with E-state index in [0.717, 1.165) is 37.5 Å². The molecule has 0 aliphatic rings. The standard InChI is InChI=1S/C21H24ClF3N4O2/c1-2-3-4-5-6-7-10-31-19(30)14-27-20-15(12-26)13-28-29(20)18-9-8-16(11-17(18)22)21(23,24)25/h8-9,11,13,27H,2-7,10,14H2,1H3. The molecule has 6 nitrogen and oxygen atoms in total. The zero-order chi connectivity index (χ0) is 22.9. The second-order valence-electron chi connectivity index (χ2n) is 6.94. The predicted octanol–water partition coefficient (Wildman–Crippen LogP) is 5.73. The summed E-state index contributed by atoms with van der Waals surface area (Å²) in [5.74, 6) is -0.371. The van der Waals surface area contributed by atoms with Crippen LogP contribution in [0.15, 0.2) is 24.4 Å². The van der Waals surface area contributed by atoms with Crippen molar-refractivity contribution in [2.45, 2.75) is 51.6 Å². The number of aromatic nitrogens is 2. The first kappa shape index (κ1) is 24.5. The first-order valence-electron chi connectivity index (χ1n) is 10.0. The van der Waals surface area contributed by atoms with Crippen molar-refractivity contribution in [3.05, 3.63) is 40.5 Å². The van der Waals surface area contributed by atoms with Crippen molar-refractivity contribution in [3.8, 4) is 11.8 Å². The van der Waals surface area contributed by atoms with Crippen LogP contribution in [0.5, 0.6) is 0 Å². The number of nitrogens with one attached hydrogen (secondary N) is 1. The molecule has 2 aromatic rings. The topological polar surface area (TPSA) is 79.9 Å². The molecule has 0 bridgehead atoms. The summed E-state index contributed by atoms with van der Waals surface area (Å²) >= 11 is 6.02. The van der Waals surface area contributed by atoms with Crippen LogP contribution in [-0.2, 0) is 15.7 Å². The Bertz CT molecular complexity index is 922. The van der Waals surface area contributed by atoms with Gasteiger partial charge in [0.05, 0.1) is 29.1 Å². The molecule has 10 heteroatoms. The Morgan fingerprint density at radius 1 is 1.26 bits per heavy atom. The number of nitriles is 1. The Morgan fingerprint density at radius 3 is 2.61 bits per heavy atom. The summed E-state index contributed by atoms with van der Waals surface area (Å²) in [6.07, 6.45) is 3.09. The second-order valence-corrected chi connectivity index (χ2v) is 7.34. The Balaban J connectivity index is 2.00. The minimum Gasteiger partial charge on any atom is -0.464 e. The Morgan fingerprint density at radius 2 is 1.97 bits per heavy atom. The molecule has 0 saturated carbocycles. The van der Waals surface area contributed by atoms with Crippen LogP contribution in [0, 0.1) is 11.3 Å². The molecule has 0 aliphatic heterocycles. The lowest BCUT2D eigenvalue weighted by Crippen LogP contribution is -2.19. The number of esters is 1. The van der Waals surface area contributed by atoms with Crippen molar-refractivity contribution in [3.63, 3.8) is 0 Å². The van der Waals surface area contributed by atoms with Gasteiger partial charge in [-0.15, -0.1) is 0 Å². The van der Waals surface area contributed by atoms with Crippen molar-refractivity contribution < 1.29 is 22.7 Å². The van der Waals surface area contributed by atoms with Gasteiger partial charge < -0.3 is 10.1 Å². The molecule has 1 heterocycles. The van der Waals surface area contributed by atoms with Gasteiger partial charge in [0, 0.05) is 0 Å². The summed E-state index contributed by atoms with van der Waals surface area (Å²) in [5, 5.41) is 15.9. The Labute approximate surface area is 183 Å². The van der Waals surface area contributed by atoms with Gasteiger partial charge in [-0.2, -0.15) is 23.5 Å². The van der Waals surface area contributed by atoms with Crippen LogP contribution in [0.25, 0.3) is 5.69 Å². The molecular formula is C21H24ClF3N4O2. The number of alkyl halides is 3. The summed E-state index contributed by atoms with van der Waals surface area (Å²) in [7, 11) is 0. The third kappa shape index (κ3) is 7.17. The lowest BCUT2D eigenvalue weighted by Gasteiger charge is -2.13. The maximum atomic E-state index is 12.9. The van der Waals surface area contributed by atoms with Crippen molar-refractivity contribution in [2.24, 2.45) is 0 Å². The molecule has 0 radical (unpaired) electrons.